The average molecular weight is 325 g/mol. The molecular weight excluding hydrogens is 312 g/mol. The van der Waals surface area contributed by atoms with Gasteiger partial charge in [-0.25, -0.2) is 0 Å². The van der Waals surface area contributed by atoms with Crippen LogP contribution < -0.4 is 4.74 Å². The normalized spacial score (nSPS) is 21.0. The molecule has 22 heavy (non-hydrogen) atoms. The number of esters is 1. The maximum Gasteiger partial charge on any atom is 0.316 e. The number of nitrogens with zero attached hydrogens (tertiary/aromatic N) is 2. The number of nitro groups is 1. The van der Waals surface area contributed by atoms with Crippen molar-refractivity contribution in [3.8, 4) is 5.75 Å². The quantitative estimate of drug-likeness (QED) is 0.366. The molecular formula is C14H13ClN2O5. The van der Waals surface area contributed by atoms with Crippen LogP contribution in [0.4, 0.5) is 5.69 Å². The van der Waals surface area contributed by atoms with Crippen LogP contribution in [0.3, 0.4) is 0 Å². The fraction of sp³-hybridized carbons (Fsp3) is 0.429. The summed E-state index contributed by atoms with van der Waals surface area (Å²) >= 11 is 5.77. The van der Waals surface area contributed by atoms with Crippen LogP contribution in [0.25, 0.3) is 0 Å². The molecule has 1 saturated carbocycles. The Kier molecular flexibility index (Phi) is 3.74. The molecule has 1 heterocycles. The number of carbonyl (C=O) groups excluding carboxylic acids is 2. The third kappa shape index (κ3) is 2.89. The third-order valence-corrected chi connectivity index (χ3v) is 4.12. The molecule has 0 N–H and O–H groups in total. The Hall–Kier alpha value is -2.15. The molecule has 1 aromatic carbocycles. The molecule has 1 amide bonds. The van der Waals surface area contributed by atoms with Crippen LogP contribution in [0, 0.1) is 16.0 Å². The fourth-order valence-corrected chi connectivity index (χ4v) is 2.77. The molecule has 1 aromatic rings. The zero-order valence-corrected chi connectivity index (χ0v) is 12.3. The molecule has 1 unspecified atom stereocenters. The summed E-state index contributed by atoms with van der Waals surface area (Å²) in [6.07, 6.45) is 2.13. The lowest BCUT2D eigenvalue weighted by Gasteiger charge is -2.14. The number of hydrogen-bond acceptors (Lipinski definition) is 5. The summed E-state index contributed by atoms with van der Waals surface area (Å²) in [7, 11) is 0. The first-order valence-electron chi connectivity index (χ1n) is 6.91. The van der Waals surface area contributed by atoms with Gasteiger partial charge < -0.3 is 9.64 Å². The van der Waals surface area contributed by atoms with Crippen LogP contribution in [0.5, 0.6) is 5.75 Å². The highest BCUT2D eigenvalue weighted by Crippen LogP contribution is 2.34. The number of benzene rings is 1. The van der Waals surface area contributed by atoms with E-state index in [-0.39, 0.29) is 34.8 Å². The predicted molar refractivity (Wildman–Crippen MR) is 76.6 cm³/mol. The molecule has 2 aliphatic rings. The van der Waals surface area contributed by atoms with E-state index in [2.05, 4.69) is 0 Å². The number of carbonyl (C=O) groups is 2. The Balaban J connectivity index is 1.66. The Bertz CT molecular complexity index is 659. The van der Waals surface area contributed by atoms with E-state index in [1.807, 2.05) is 0 Å². The second-order valence-electron chi connectivity index (χ2n) is 5.47. The Labute approximate surface area is 130 Å². The maximum atomic E-state index is 12.1. The van der Waals surface area contributed by atoms with Gasteiger partial charge in [-0.1, -0.05) is 11.6 Å². The largest absolute Gasteiger partial charge is 0.426 e. The van der Waals surface area contributed by atoms with Gasteiger partial charge in [0.25, 0.3) is 5.69 Å². The molecule has 1 aliphatic carbocycles. The average Bonchev–Trinajstić information content (AvgIpc) is 3.21. The van der Waals surface area contributed by atoms with Gasteiger partial charge in [0.15, 0.2) is 0 Å². The lowest BCUT2D eigenvalue weighted by atomic mass is 10.1. The first-order valence-corrected chi connectivity index (χ1v) is 7.28. The highest BCUT2D eigenvalue weighted by atomic mass is 35.5. The summed E-state index contributed by atoms with van der Waals surface area (Å²) in [6, 6.07) is 4.00. The molecule has 0 radical (unpaired) electrons. The Morgan fingerprint density at radius 3 is 2.73 bits per heavy atom. The minimum absolute atomic E-state index is 0.0221. The van der Waals surface area contributed by atoms with E-state index in [0.29, 0.717) is 6.54 Å². The molecule has 0 bridgehead atoms. The lowest BCUT2D eigenvalue weighted by molar-refractivity contribution is -0.384. The zero-order chi connectivity index (χ0) is 15.9. The van der Waals surface area contributed by atoms with Gasteiger partial charge in [-0.05, 0) is 18.9 Å². The number of hydrogen-bond donors (Lipinski definition) is 0. The van der Waals surface area contributed by atoms with E-state index in [4.69, 9.17) is 16.3 Å². The van der Waals surface area contributed by atoms with E-state index in [1.165, 1.54) is 18.2 Å². The number of halogens is 1. The van der Waals surface area contributed by atoms with Crippen molar-refractivity contribution >= 4 is 29.2 Å². The number of nitro benzene ring substituents is 1. The monoisotopic (exact) mass is 324 g/mol. The van der Waals surface area contributed by atoms with Gasteiger partial charge in [0.2, 0.25) is 5.91 Å². The Morgan fingerprint density at radius 1 is 1.41 bits per heavy atom. The molecule has 8 heteroatoms. The van der Waals surface area contributed by atoms with Crippen molar-refractivity contribution in [2.24, 2.45) is 5.92 Å². The van der Waals surface area contributed by atoms with E-state index in [9.17, 15) is 19.7 Å². The van der Waals surface area contributed by atoms with Crippen LogP contribution >= 0.6 is 11.6 Å². The molecule has 2 fully saturated rings. The van der Waals surface area contributed by atoms with E-state index in [1.54, 1.807) is 4.90 Å². The second kappa shape index (κ2) is 5.57. The second-order valence-corrected chi connectivity index (χ2v) is 5.88. The molecule has 116 valence electrons. The third-order valence-electron chi connectivity index (χ3n) is 3.81. The molecule has 3 rings (SSSR count). The molecule has 7 nitrogen and oxygen atoms in total. The standard InChI is InChI=1S/C14H13ClN2O5/c15-11-6-10(3-4-12(11)17(20)21)22-14(19)8-5-13(18)16(7-8)9-1-2-9/h3-4,6,8-9H,1-2,5,7H2. The summed E-state index contributed by atoms with van der Waals surface area (Å²) in [5.41, 5.74) is -0.252. The van der Waals surface area contributed by atoms with Crippen LogP contribution in [0.2, 0.25) is 5.02 Å². The first kappa shape index (κ1) is 14.8. The first-order chi connectivity index (χ1) is 10.5. The molecule has 0 spiro atoms. The topological polar surface area (TPSA) is 89.7 Å². The van der Waals surface area contributed by atoms with Gasteiger partial charge in [0, 0.05) is 31.1 Å². The van der Waals surface area contributed by atoms with E-state index >= 15 is 0 Å². The van der Waals surface area contributed by atoms with Gasteiger partial charge in [-0.3, -0.25) is 19.7 Å². The van der Waals surface area contributed by atoms with Crippen LogP contribution in [-0.2, 0) is 9.59 Å². The molecule has 0 aromatic heterocycles. The summed E-state index contributed by atoms with van der Waals surface area (Å²) in [4.78, 5) is 35.7. The smallest absolute Gasteiger partial charge is 0.316 e. The predicted octanol–water partition coefficient (Wildman–Crippen LogP) is 2.16. The maximum absolute atomic E-state index is 12.1. The molecule has 1 saturated heterocycles. The van der Waals surface area contributed by atoms with Gasteiger partial charge in [-0.2, -0.15) is 0 Å². The number of ether oxygens (including phenoxy) is 1. The van der Waals surface area contributed by atoms with Crippen molar-refractivity contribution in [2.45, 2.75) is 25.3 Å². The zero-order valence-electron chi connectivity index (χ0n) is 11.5. The van der Waals surface area contributed by atoms with Gasteiger partial charge in [0.1, 0.15) is 10.8 Å². The highest BCUT2D eigenvalue weighted by molar-refractivity contribution is 6.32. The van der Waals surface area contributed by atoms with Gasteiger partial charge in [0.05, 0.1) is 10.8 Å². The summed E-state index contributed by atoms with van der Waals surface area (Å²) in [5.74, 6) is -0.896. The van der Waals surface area contributed by atoms with Crippen molar-refractivity contribution < 1.29 is 19.2 Å². The fourth-order valence-electron chi connectivity index (χ4n) is 2.53. The lowest BCUT2D eigenvalue weighted by Crippen LogP contribution is -2.29. The number of likely N-dealkylation sites (tertiary alicyclic amines) is 1. The van der Waals surface area contributed by atoms with Crippen molar-refractivity contribution in [1.29, 1.82) is 0 Å². The summed E-state index contributed by atoms with van der Waals surface area (Å²) < 4.78 is 5.19. The van der Waals surface area contributed by atoms with E-state index in [0.717, 1.165) is 12.8 Å². The van der Waals surface area contributed by atoms with Crippen LogP contribution in [0.15, 0.2) is 18.2 Å². The van der Waals surface area contributed by atoms with Crippen molar-refractivity contribution in [1.82, 2.24) is 4.90 Å². The van der Waals surface area contributed by atoms with Gasteiger partial charge in [-0.15, -0.1) is 0 Å². The number of rotatable bonds is 4. The van der Waals surface area contributed by atoms with Crippen molar-refractivity contribution in [3.05, 3.63) is 33.3 Å². The summed E-state index contributed by atoms with van der Waals surface area (Å²) in [5, 5.41) is 10.6. The number of amides is 1. The van der Waals surface area contributed by atoms with Crippen molar-refractivity contribution in [3.63, 3.8) is 0 Å². The van der Waals surface area contributed by atoms with Crippen LogP contribution in [0.1, 0.15) is 19.3 Å². The minimum Gasteiger partial charge on any atom is -0.426 e. The highest BCUT2D eigenvalue weighted by Gasteiger charge is 2.42. The van der Waals surface area contributed by atoms with Gasteiger partial charge >= 0.3 is 5.97 Å². The van der Waals surface area contributed by atoms with Crippen molar-refractivity contribution in [2.75, 3.05) is 6.54 Å². The molecule has 1 aliphatic heterocycles. The minimum atomic E-state index is -0.614. The van der Waals surface area contributed by atoms with Crippen LogP contribution in [-0.4, -0.2) is 34.3 Å². The Morgan fingerprint density at radius 2 is 2.14 bits per heavy atom. The summed E-state index contributed by atoms with van der Waals surface area (Å²) in [6.45, 7) is 0.378. The van der Waals surface area contributed by atoms with E-state index < -0.39 is 16.8 Å². The SMILES string of the molecule is O=C(Oc1ccc([N+](=O)[O-])c(Cl)c1)C1CC(=O)N(C2CC2)C1. The molecule has 1 atom stereocenters.